The van der Waals surface area contributed by atoms with Crippen molar-refractivity contribution in [2.75, 3.05) is 11.1 Å². The molecule has 0 radical (unpaired) electrons. The van der Waals surface area contributed by atoms with Gasteiger partial charge in [0.2, 0.25) is 0 Å². The van der Waals surface area contributed by atoms with E-state index in [9.17, 15) is 0 Å². The van der Waals surface area contributed by atoms with Gasteiger partial charge in [-0.05, 0) is 30.3 Å². The Morgan fingerprint density at radius 3 is 2.69 bits per heavy atom. The van der Waals surface area contributed by atoms with Gasteiger partial charge in [0, 0.05) is 4.47 Å². The van der Waals surface area contributed by atoms with Crippen molar-refractivity contribution in [1.29, 1.82) is 0 Å². The van der Waals surface area contributed by atoms with Gasteiger partial charge in [0.15, 0.2) is 0 Å². The second kappa shape index (κ2) is 4.72. The van der Waals surface area contributed by atoms with Gasteiger partial charge >= 0.3 is 0 Å². The molecule has 0 saturated carbocycles. The molecular weight excluding hydrogens is 289 g/mol. The van der Waals surface area contributed by atoms with Gasteiger partial charge in [0.1, 0.15) is 5.82 Å². The molecule has 2 aromatic rings. The molecule has 1 aromatic heterocycles. The number of nitrogens with zero attached hydrogens (tertiary/aromatic N) is 1. The fourth-order valence-corrected chi connectivity index (χ4v) is 1.95. The Hall–Kier alpha value is -1.26. The van der Waals surface area contributed by atoms with Crippen molar-refractivity contribution in [2.45, 2.75) is 0 Å². The Kier molecular flexibility index (Phi) is 3.31. The van der Waals surface area contributed by atoms with Gasteiger partial charge in [-0.2, -0.15) is 0 Å². The summed E-state index contributed by atoms with van der Waals surface area (Å²) in [7, 11) is 0. The molecule has 3 N–H and O–H groups in total. The smallest absolute Gasteiger partial charge is 0.123 e. The molecule has 16 heavy (non-hydrogen) atoms. The summed E-state index contributed by atoms with van der Waals surface area (Å²) in [5.41, 5.74) is 7.17. The van der Waals surface area contributed by atoms with Gasteiger partial charge in [-0.3, -0.25) is 0 Å². The van der Waals surface area contributed by atoms with Crippen LogP contribution in [-0.2, 0) is 0 Å². The van der Waals surface area contributed by atoms with Crippen LogP contribution in [0.1, 0.15) is 0 Å². The number of anilines is 3. The summed E-state index contributed by atoms with van der Waals surface area (Å²) in [6.07, 6.45) is 1.66. The lowest BCUT2D eigenvalue weighted by atomic mass is 10.3. The molecule has 1 heterocycles. The minimum atomic E-state index is 0.493. The van der Waals surface area contributed by atoms with E-state index in [1.807, 2.05) is 24.3 Å². The first-order valence-electron chi connectivity index (χ1n) is 4.59. The summed E-state index contributed by atoms with van der Waals surface area (Å²) in [6.45, 7) is 0. The average Bonchev–Trinajstić information content (AvgIpc) is 2.25. The van der Waals surface area contributed by atoms with E-state index < -0.39 is 0 Å². The Balaban J connectivity index is 2.23. The van der Waals surface area contributed by atoms with Crippen LogP contribution >= 0.6 is 27.5 Å². The second-order valence-electron chi connectivity index (χ2n) is 3.22. The summed E-state index contributed by atoms with van der Waals surface area (Å²) in [5.74, 6) is 0.493. The topological polar surface area (TPSA) is 50.9 Å². The third-order valence-corrected chi connectivity index (χ3v) is 2.80. The zero-order valence-electron chi connectivity index (χ0n) is 8.24. The predicted molar refractivity (Wildman–Crippen MR) is 71.1 cm³/mol. The van der Waals surface area contributed by atoms with Crippen molar-refractivity contribution in [3.63, 3.8) is 0 Å². The van der Waals surface area contributed by atoms with Crippen LogP contribution in [0.15, 0.2) is 41.0 Å². The highest BCUT2D eigenvalue weighted by Crippen LogP contribution is 2.28. The Morgan fingerprint density at radius 1 is 1.25 bits per heavy atom. The van der Waals surface area contributed by atoms with Gasteiger partial charge in [-0.1, -0.05) is 27.5 Å². The molecule has 0 atom stereocenters. The average molecular weight is 299 g/mol. The number of nitrogen functional groups attached to an aromatic ring is 1. The first-order valence-corrected chi connectivity index (χ1v) is 5.76. The van der Waals surface area contributed by atoms with Crippen molar-refractivity contribution < 1.29 is 0 Å². The maximum absolute atomic E-state index is 6.07. The molecule has 0 saturated heterocycles. The first kappa shape index (κ1) is 11.2. The lowest BCUT2D eigenvalue weighted by molar-refractivity contribution is 1.33. The van der Waals surface area contributed by atoms with E-state index in [0.29, 0.717) is 10.8 Å². The summed E-state index contributed by atoms with van der Waals surface area (Å²) >= 11 is 9.42. The van der Waals surface area contributed by atoms with E-state index in [4.69, 9.17) is 17.3 Å². The minimum Gasteiger partial charge on any atom is -0.384 e. The first-order chi connectivity index (χ1) is 7.65. The number of nitrogens with one attached hydrogen (secondary N) is 1. The van der Waals surface area contributed by atoms with E-state index in [0.717, 1.165) is 15.8 Å². The maximum atomic E-state index is 6.07. The van der Waals surface area contributed by atoms with Gasteiger partial charge in [-0.15, -0.1) is 0 Å². The number of hydrogen-bond donors (Lipinski definition) is 2. The van der Waals surface area contributed by atoms with Gasteiger partial charge in [-0.25, -0.2) is 4.98 Å². The standard InChI is InChI=1S/C11H9BrClN3/c12-7-1-3-10(9(13)5-7)16-8-2-4-11(14)15-6-8/h1-6,16H,(H2,14,15). The lowest BCUT2D eigenvalue weighted by Crippen LogP contribution is -1.94. The van der Waals surface area contributed by atoms with Crippen molar-refractivity contribution in [2.24, 2.45) is 0 Å². The third-order valence-electron chi connectivity index (χ3n) is 2.00. The van der Waals surface area contributed by atoms with Gasteiger partial charge in [0.25, 0.3) is 0 Å². The molecular formula is C11H9BrClN3. The molecule has 2 rings (SSSR count). The second-order valence-corrected chi connectivity index (χ2v) is 4.54. The van der Waals surface area contributed by atoms with Crippen LogP contribution < -0.4 is 11.1 Å². The molecule has 0 aliphatic rings. The largest absolute Gasteiger partial charge is 0.384 e. The van der Waals surface area contributed by atoms with E-state index in [1.54, 1.807) is 12.3 Å². The van der Waals surface area contributed by atoms with Crippen molar-refractivity contribution in [3.8, 4) is 0 Å². The number of benzene rings is 1. The summed E-state index contributed by atoms with van der Waals surface area (Å²) in [6, 6.07) is 9.21. The van der Waals surface area contributed by atoms with E-state index >= 15 is 0 Å². The molecule has 0 unspecified atom stereocenters. The number of pyridine rings is 1. The highest BCUT2D eigenvalue weighted by Gasteiger charge is 2.01. The number of aromatic nitrogens is 1. The number of rotatable bonds is 2. The molecule has 0 fully saturated rings. The fourth-order valence-electron chi connectivity index (χ4n) is 1.23. The van der Waals surface area contributed by atoms with Crippen LogP contribution in [0.5, 0.6) is 0 Å². The van der Waals surface area contributed by atoms with Crippen molar-refractivity contribution >= 4 is 44.7 Å². The molecule has 82 valence electrons. The Labute approximate surface area is 107 Å². The molecule has 0 spiro atoms. The van der Waals surface area contributed by atoms with Crippen molar-refractivity contribution in [3.05, 3.63) is 46.0 Å². The highest BCUT2D eigenvalue weighted by molar-refractivity contribution is 9.10. The molecule has 3 nitrogen and oxygen atoms in total. The van der Waals surface area contributed by atoms with Crippen LogP contribution in [0.3, 0.4) is 0 Å². The SMILES string of the molecule is Nc1ccc(Nc2ccc(Br)cc2Cl)cn1. The Bertz CT molecular complexity index is 499. The number of nitrogens with two attached hydrogens (primary N) is 1. The fraction of sp³-hybridized carbons (Fsp3) is 0. The van der Waals surface area contributed by atoms with Crippen LogP contribution in [0, 0.1) is 0 Å². The van der Waals surface area contributed by atoms with E-state index in [2.05, 4.69) is 26.2 Å². The van der Waals surface area contributed by atoms with Crippen LogP contribution in [-0.4, -0.2) is 4.98 Å². The molecule has 5 heteroatoms. The minimum absolute atomic E-state index is 0.493. The quantitative estimate of drug-likeness (QED) is 0.886. The normalized spacial score (nSPS) is 10.1. The van der Waals surface area contributed by atoms with Gasteiger partial charge in [0.05, 0.1) is 22.6 Å². The molecule has 0 aliphatic heterocycles. The lowest BCUT2D eigenvalue weighted by Gasteiger charge is -2.08. The number of hydrogen-bond acceptors (Lipinski definition) is 3. The third kappa shape index (κ3) is 2.65. The molecule has 0 bridgehead atoms. The van der Waals surface area contributed by atoms with Crippen molar-refractivity contribution in [1.82, 2.24) is 4.98 Å². The monoisotopic (exact) mass is 297 g/mol. The predicted octanol–water partition coefficient (Wildman–Crippen LogP) is 3.82. The number of halogens is 2. The van der Waals surface area contributed by atoms with Gasteiger partial charge < -0.3 is 11.1 Å². The summed E-state index contributed by atoms with van der Waals surface area (Å²) in [4.78, 5) is 3.99. The Morgan fingerprint density at radius 2 is 2.06 bits per heavy atom. The molecule has 0 aliphatic carbocycles. The summed E-state index contributed by atoms with van der Waals surface area (Å²) < 4.78 is 0.943. The summed E-state index contributed by atoms with van der Waals surface area (Å²) in [5, 5.41) is 3.80. The molecule has 1 aromatic carbocycles. The zero-order chi connectivity index (χ0) is 11.5. The van der Waals surface area contributed by atoms with Crippen LogP contribution in [0.2, 0.25) is 5.02 Å². The maximum Gasteiger partial charge on any atom is 0.123 e. The van der Waals surface area contributed by atoms with E-state index in [-0.39, 0.29) is 0 Å². The highest BCUT2D eigenvalue weighted by atomic mass is 79.9. The van der Waals surface area contributed by atoms with Crippen LogP contribution in [0.25, 0.3) is 0 Å². The molecule has 0 amide bonds. The van der Waals surface area contributed by atoms with Crippen LogP contribution in [0.4, 0.5) is 17.2 Å². The zero-order valence-corrected chi connectivity index (χ0v) is 10.6. The van der Waals surface area contributed by atoms with E-state index in [1.165, 1.54) is 0 Å².